The lowest BCUT2D eigenvalue weighted by atomic mass is 10.1. The molecule has 140 valence electrons. The van der Waals surface area contributed by atoms with Crippen molar-refractivity contribution in [3.8, 4) is 11.1 Å². The molecule has 0 fully saturated rings. The van der Waals surface area contributed by atoms with E-state index in [1.165, 1.54) is 24.3 Å². The van der Waals surface area contributed by atoms with Crippen LogP contribution in [0.25, 0.3) is 11.1 Å². The van der Waals surface area contributed by atoms with E-state index in [0.29, 0.717) is 11.4 Å². The number of anilines is 1. The van der Waals surface area contributed by atoms with Gasteiger partial charge in [0.15, 0.2) is 9.84 Å². The highest BCUT2D eigenvalue weighted by molar-refractivity contribution is 9.10. The van der Waals surface area contributed by atoms with E-state index in [2.05, 4.69) is 26.3 Å². The van der Waals surface area contributed by atoms with Gasteiger partial charge in [-0.3, -0.25) is 9.48 Å². The second-order valence-corrected chi connectivity index (χ2v) is 9.12. The second kappa shape index (κ2) is 7.28. The number of rotatable bonds is 4. The minimum Gasteiger partial charge on any atom is -0.306 e. The fourth-order valence-electron chi connectivity index (χ4n) is 2.80. The van der Waals surface area contributed by atoms with E-state index in [1.807, 2.05) is 31.2 Å². The molecule has 1 amide bonds. The number of amides is 1. The molecule has 0 saturated heterocycles. The zero-order valence-corrected chi connectivity index (χ0v) is 17.4. The molecule has 8 heteroatoms. The molecular weight excluding hydrogens is 430 g/mol. The molecule has 0 bridgehead atoms. The van der Waals surface area contributed by atoms with Gasteiger partial charge in [0.25, 0.3) is 5.91 Å². The summed E-state index contributed by atoms with van der Waals surface area (Å²) in [6.45, 7) is 1.88. The number of carbonyl (C=O) groups is 1. The van der Waals surface area contributed by atoms with Gasteiger partial charge < -0.3 is 5.32 Å². The van der Waals surface area contributed by atoms with Gasteiger partial charge in [0.1, 0.15) is 5.82 Å². The predicted molar refractivity (Wildman–Crippen MR) is 109 cm³/mol. The molecule has 1 heterocycles. The first-order valence-corrected chi connectivity index (χ1v) is 10.8. The fourth-order valence-corrected chi connectivity index (χ4v) is 3.69. The van der Waals surface area contributed by atoms with Crippen LogP contribution in [0.3, 0.4) is 0 Å². The Hall–Kier alpha value is -2.45. The van der Waals surface area contributed by atoms with E-state index in [9.17, 15) is 13.2 Å². The Bertz CT molecular complexity index is 1100. The summed E-state index contributed by atoms with van der Waals surface area (Å²) in [7, 11) is -1.54. The zero-order valence-electron chi connectivity index (χ0n) is 15.0. The lowest BCUT2D eigenvalue weighted by Gasteiger charge is -2.10. The highest BCUT2D eigenvalue weighted by Crippen LogP contribution is 2.32. The van der Waals surface area contributed by atoms with Crippen molar-refractivity contribution in [1.82, 2.24) is 9.78 Å². The molecule has 0 aliphatic heterocycles. The van der Waals surface area contributed by atoms with Crippen molar-refractivity contribution in [2.75, 3.05) is 11.6 Å². The maximum atomic E-state index is 12.7. The summed E-state index contributed by atoms with van der Waals surface area (Å²) >= 11 is 3.42. The number of nitrogens with zero attached hydrogens (tertiary/aromatic N) is 2. The Labute approximate surface area is 166 Å². The number of nitrogens with one attached hydrogen (secondary N) is 1. The highest BCUT2D eigenvalue weighted by atomic mass is 79.9. The minimum atomic E-state index is -3.30. The van der Waals surface area contributed by atoms with Gasteiger partial charge in [-0.1, -0.05) is 28.1 Å². The third kappa shape index (κ3) is 4.12. The van der Waals surface area contributed by atoms with Crippen LogP contribution in [0.2, 0.25) is 0 Å². The molecule has 0 aliphatic rings. The topological polar surface area (TPSA) is 81.1 Å². The maximum absolute atomic E-state index is 12.7. The SMILES string of the molecule is Cc1nn(C)c(NC(=O)c2ccc(S(C)(=O)=O)cc2)c1-c1ccc(Br)cc1. The Kier molecular flexibility index (Phi) is 5.21. The smallest absolute Gasteiger partial charge is 0.256 e. The van der Waals surface area contributed by atoms with E-state index in [0.717, 1.165) is 27.5 Å². The van der Waals surface area contributed by atoms with E-state index in [-0.39, 0.29) is 10.8 Å². The van der Waals surface area contributed by atoms with Gasteiger partial charge >= 0.3 is 0 Å². The summed E-state index contributed by atoms with van der Waals surface area (Å²) in [5, 5.41) is 7.30. The van der Waals surface area contributed by atoms with Crippen molar-refractivity contribution in [2.45, 2.75) is 11.8 Å². The molecule has 0 saturated carbocycles. The Morgan fingerprint density at radius 2 is 1.67 bits per heavy atom. The number of halogens is 1. The Balaban J connectivity index is 1.94. The molecule has 27 heavy (non-hydrogen) atoms. The average molecular weight is 448 g/mol. The van der Waals surface area contributed by atoms with Crippen molar-refractivity contribution in [3.05, 3.63) is 64.3 Å². The standard InChI is InChI=1S/C19H18BrN3O3S/c1-12-17(13-4-8-15(20)9-5-13)18(23(2)22-12)21-19(24)14-6-10-16(11-7-14)27(3,25)26/h4-11H,1-3H3,(H,21,24). The summed E-state index contributed by atoms with van der Waals surface area (Å²) in [5.41, 5.74) is 2.93. The summed E-state index contributed by atoms with van der Waals surface area (Å²) in [5.74, 6) is 0.239. The normalized spacial score (nSPS) is 11.4. The molecule has 3 aromatic rings. The zero-order chi connectivity index (χ0) is 19.8. The van der Waals surface area contributed by atoms with E-state index < -0.39 is 9.84 Å². The number of hydrogen-bond acceptors (Lipinski definition) is 4. The molecule has 6 nitrogen and oxygen atoms in total. The number of sulfone groups is 1. The first-order valence-electron chi connectivity index (χ1n) is 8.08. The van der Waals surface area contributed by atoms with Crippen LogP contribution in [0.4, 0.5) is 5.82 Å². The van der Waals surface area contributed by atoms with Crippen molar-refractivity contribution in [1.29, 1.82) is 0 Å². The summed E-state index contributed by atoms with van der Waals surface area (Å²) in [6.07, 6.45) is 1.13. The van der Waals surface area contributed by atoms with Crippen LogP contribution >= 0.6 is 15.9 Å². The van der Waals surface area contributed by atoms with Gasteiger partial charge in [0, 0.05) is 28.9 Å². The molecule has 2 aromatic carbocycles. The molecule has 1 N–H and O–H groups in total. The molecule has 0 unspecified atom stereocenters. The van der Waals surface area contributed by atoms with Crippen molar-refractivity contribution >= 4 is 37.5 Å². The monoisotopic (exact) mass is 447 g/mol. The van der Waals surface area contributed by atoms with E-state index in [1.54, 1.807) is 11.7 Å². The number of aryl methyl sites for hydroxylation is 2. The molecule has 1 aromatic heterocycles. The van der Waals surface area contributed by atoms with Crippen LogP contribution in [0.5, 0.6) is 0 Å². The van der Waals surface area contributed by atoms with Crippen LogP contribution in [0.1, 0.15) is 16.1 Å². The molecule has 0 aliphatic carbocycles. The maximum Gasteiger partial charge on any atom is 0.256 e. The summed E-state index contributed by atoms with van der Waals surface area (Å²) < 4.78 is 25.7. The van der Waals surface area contributed by atoms with Gasteiger partial charge in [0.05, 0.1) is 10.6 Å². The first kappa shape index (κ1) is 19.3. The molecule has 0 spiro atoms. The first-order chi connectivity index (χ1) is 12.7. The van der Waals surface area contributed by atoms with Crippen LogP contribution in [0, 0.1) is 6.92 Å². The van der Waals surface area contributed by atoms with Crippen LogP contribution < -0.4 is 5.32 Å². The lowest BCUT2D eigenvalue weighted by molar-refractivity contribution is 0.102. The third-order valence-corrected chi connectivity index (χ3v) is 5.79. The van der Waals surface area contributed by atoms with Gasteiger partial charge in [-0.05, 0) is 48.9 Å². The van der Waals surface area contributed by atoms with Gasteiger partial charge in [-0.15, -0.1) is 0 Å². The van der Waals surface area contributed by atoms with E-state index in [4.69, 9.17) is 0 Å². The molecular formula is C19H18BrN3O3S. The third-order valence-electron chi connectivity index (χ3n) is 4.13. The number of benzene rings is 2. The number of aromatic nitrogens is 2. The van der Waals surface area contributed by atoms with Crippen LogP contribution in [-0.2, 0) is 16.9 Å². The highest BCUT2D eigenvalue weighted by Gasteiger charge is 2.18. The number of carbonyl (C=O) groups excluding carboxylic acids is 1. The van der Waals surface area contributed by atoms with Crippen molar-refractivity contribution in [2.24, 2.45) is 7.05 Å². The second-order valence-electron chi connectivity index (χ2n) is 6.19. The van der Waals surface area contributed by atoms with Crippen molar-refractivity contribution in [3.63, 3.8) is 0 Å². The van der Waals surface area contributed by atoms with Gasteiger partial charge in [0.2, 0.25) is 0 Å². The van der Waals surface area contributed by atoms with Crippen molar-refractivity contribution < 1.29 is 13.2 Å². The Morgan fingerprint density at radius 3 is 2.22 bits per heavy atom. The lowest BCUT2D eigenvalue weighted by Crippen LogP contribution is -2.15. The average Bonchev–Trinajstić information content (AvgIpc) is 2.88. The number of hydrogen-bond donors (Lipinski definition) is 1. The van der Waals surface area contributed by atoms with Gasteiger partial charge in [-0.2, -0.15) is 5.10 Å². The summed E-state index contributed by atoms with van der Waals surface area (Å²) in [4.78, 5) is 12.8. The fraction of sp³-hybridized carbons (Fsp3) is 0.158. The quantitative estimate of drug-likeness (QED) is 0.658. The Morgan fingerprint density at radius 1 is 1.07 bits per heavy atom. The van der Waals surface area contributed by atoms with Gasteiger partial charge in [-0.25, -0.2) is 8.42 Å². The van der Waals surface area contributed by atoms with Crippen LogP contribution in [0.15, 0.2) is 57.9 Å². The minimum absolute atomic E-state index is 0.172. The van der Waals surface area contributed by atoms with E-state index >= 15 is 0 Å². The largest absolute Gasteiger partial charge is 0.306 e. The molecule has 0 atom stereocenters. The van der Waals surface area contributed by atoms with Crippen LogP contribution in [-0.4, -0.2) is 30.4 Å². The molecule has 0 radical (unpaired) electrons. The predicted octanol–water partition coefficient (Wildman–Crippen LogP) is 3.81. The summed E-state index contributed by atoms with van der Waals surface area (Å²) in [6, 6.07) is 13.6. The molecule has 3 rings (SSSR count).